The number of nitrogens with zero attached hydrogens (tertiary/aromatic N) is 2. The highest BCUT2D eigenvalue weighted by Crippen LogP contribution is 2.33. The fourth-order valence-corrected chi connectivity index (χ4v) is 2.13. The Morgan fingerprint density at radius 2 is 2.05 bits per heavy atom. The van der Waals surface area contributed by atoms with Gasteiger partial charge in [-0.3, -0.25) is 0 Å². The van der Waals surface area contributed by atoms with Crippen molar-refractivity contribution in [2.24, 2.45) is 0 Å². The molecule has 21 heavy (non-hydrogen) atoms. The Morgan fingerprint density at radius 1 is 1.33 bits per heavy atom. The van der Waals surface area contributed by atoms with Gasteiger partial charge in [-0.25, -0.2) is 4.98 Å². The summed E-state index contributed by atoms with van der Waals surface area (Å²) in [5.74, 6) is 0. The fraction of sp³-hybridized carbons (Fsp3) is 0.500. The Hall–Kier alpha value is -1.76. The van der Waals surface area contributed by atoms with Gasteiger partial charge < -0.3 is 15.0 Å². The lowest BCUT2D eigenvalue weighted by Gasteiger charge is -2.11. The summed E-state index contributed by atoms with van der Waals surface area (Å²) in [7, 11) is 0. The molecule has 1 aromatic carbocycles. The summed E-state index contributed by atoms with van der Waals surface area (Å²) in [5.41, 5.74) is 5.86. The van der Waals surface area contributed by atoms with Gasteiger partial charge in [0.2, 0.25) is 0 Å². The maximum atomic E-state index is 12.7. The predicted octanol–water partition coefficient (Wildman–Crippen LogP) is 3.45. The number of hydrogen-bond donors (Lipinski definition) is 1. The standard InChI is InChI=1S/C14H18F3N3O/c1-9(2)21-5-3-4-20-8-19-12-7-10(14(15,16)17)6-11(18)13(12)20/h6-9H,3-5,18H2,1-2H3. The molecule has 0 aliphatic rings. The van der Waals surface area contributed by atoms with Crippen LogP contribution in [-0.4, -0.2) is 22.3 Å². The van der Waals surface area contributed by atoms with E-state index in [1.54, 1.807) is 4.57 Å². The molecule has 2 rings (SSSR count). The summed E-state index contributed by atoms with van der Waals surface area (Å²) in [4.78, 5) is 4.01. The average molecular weight is 301 g/mol. The van der Waals surface area contributed by atoms with Crippen molar-refractivity contribution in [3.63, 3.8) is 0 Å². The normalized spacial score (nSPS) is 12.5. The van der Waals surface area contributed by atoms with E-state index in [-0.39, 0.29) is 17.3 Å². The number of aryl methyl sites for hydroxylation is 1. The minimum absolute atomic E-state index is 0.0853. The number of aromatic nitrogens is 2. The number of anilines is 1. The molecule has 0 atom stereocenters. The molecule has 0 spiro atoms. The maximum absolute atomic E-state index is 12.7. The second-order valence-electron chi connectivity index (χ2n) is 5.14. The Labute approximate surface area is 120 Å². The van der Waals surface area contributed by atoms with Gasteiger partial charge in [-0.2, -0.15) is 13.2 Å². The molecule has 2 N–H and O–H groups in total. The smallest absolute Gasteiger partial charge is 0.397 e. The van der Waals surface area contributed by atoms with Gasteiger partial charge in [0.1, 0.15) is 0 Å². The molecule has 1 heterocycles. The summed E-state index contributed by atoms with van der Waals surface area (Å²) in [5, 5.41) is 0. The number of benzene rings is 1. The van der Waals surface area contributed by atoms with E-state index in [0.717, 1.165) is 18.6 Å². The van der Waals surface area contributed by atoms with Crippen LogP contribution in [0.25, 0.3) is 11.0 Å². The number of rotatable bonds is 5. The van der Waals surface area contributed by atoms with E-state index in [1.807, 2.05) is 13.8 Å². The Kier molecular flexibility index (Phi) is 4.41. The van der Waals surface area contributed by atoms with Crippen LogP contribution >= 0.6 is 0 Å². The van der Waals surface area contributed by atoms with Crippen LogP contribution in [0, 0.1) is 0 Å². The average Bonchev–Trinajstić information content (AvgIpc) is 2.77. The predicted molar refractivity (Wildman–Crippen MR) is 74.9 cm³/mol. The second-order valence-corrected chi connectivity index (χ2v) is 5.14. The molecular weight excluding hydrogens is 283 g/mol. The lowest BCUT2D eigenvalue weighted by molar-refractivity contribution is -0.137. The monoisotopic (exact) mass is 301 g/mol. The van der Waals surface area contributed by atoms with Crippen molar-refractivity contribution >= 4 is 16.7 Å². The first kappa shape index (κ1) is 15.6. The van der Waals surface area contributed by atoms with E-state index in [0.29, 0.717) is 18.7 Å². The number of nitrogens with two attached hydrogens (primary N) is 1. The van der Waals surface area contributed by atoms with Gasteiger partial charge in [0.15, 0.2) is 0 Å². The summed E-state index contributed by atoms with van der Waals surface area (Å²) >= 11 is 0. The summed E-state index contributed by atoms with van der Waals surface area (Å²) in [6, 6.07) is 1.97. The lowest BCUT2D eigenvalue weighted by atomic mass is 10.1. The number of nitrogen functional groups attached to an aromatic ring is 1. The van der Waals surface area contributed by atoms with Crippen molar-refractivity contribution < 1.29 is 17.9 Å². The molecule has 0 unspecified atom stereocenters. The molecular formula is C14H18F3N3O. The molecule has 0 fully saturated rings. The molecule has 7 heteroatoms. The molecule has 4 nitrogen and oxygen atoms in total. The number of fused-ring (bicyclic) bond motifs is 1. The van der Waals surface area contributed by atoms with Crippen LogP contribution in [0.2, 0.25) is 0 Å². The molecule has 0 radical (unpaired) electrons. The highest BCUT2D eigenvalue weighted by molar-refractivity contribution is 5.88. The van der Waals surface area contributed by atoms with Crippen molar-refractivity contribution in [1.29, 1.82) is 0 Å². The van der Waals surface area contributed by atoms with Crippen LogP contribution in [0.1, 0.15) is 25.8 Å². The van der Waals surface area contributed by atoms with Crippen LogP contribution in [0.3, 0.4) is 0 Å². The van der Waals surface area contributed by atoms with Crippen LogP contribution in [0.5, 0.6) is 0 Å². The van der Waals surface area contributed by atoms with Crippen molar-refractivity contribution in [1.82, 2.24) is 9.55 Å². The van der Waals surface area contributed by atoms with Crippen molar-refractivity contribution in [3.05, 3.63) is 24.0 Å². The summed E-state index contributed by atoms with van der Waals surface area (Å²) < 4.78 is 45.4. The van der Waals surface area contributed by atoms with Gasteiger partial charge in [-0.15, -0.1) is 0 Å². The van der Waals surface area contributed by atoms with E-state index >= 15 is 0 Å². The van der Waals surface area contributed by atoms with Crippen molar-refractivity contribution in [3.8, 4) is 0 Å². The Morgan fingerprint density at radius 3 is 2.67 bits per heavy atom. The molecule has 0 aliphatic heterocycles. The van der Waals surface area contributed by atoms with Gasteiger partial charge in [0.25, 0.3) is 0 Å². The molecule has 1 aromatic heterocycles. The highest BCUT2D eigenvalue weighted by atomic mass is 19.4. The molecule has 0 amide bonds. The van der Waals surface area contributed by atoms with E-state index < -0.39 is 11.7 Å². The molecule has 0 bridgehead atoms. The van der Waals surface area contributed by atoms with Crippen molar-refractivity contribution in [2.75, 3.05) is 12.3 Å². The molecule has 2 aromatic rings. The van der Waals surface area contributed by atoms with Gasteiger partial charge >= 0.3 is 6.18 Å². The van der Waals surface area contributed by atoms with Crippen LogP contribution in [-0.2, 0) is 17.5 Å². The van der Waals surface area contributed by atoms with E-state index in [2.05, 4.69) is 4.98 Å². The van der Waals surface area contributed by atoms with Crippen molar-refractivity contribution in [2.45, 2.75) is 39.1 Å². The van der Waals surface area contributed by atoms with Gasteiger partial charge in [0.05, 0.1) is 34.7 Å². The fourth-order valence-electron chi connectivity index (χ4n) is 2.13. The second kappa shape index (κ2) is 5.93. The Balaban J connectivity index is 2.20. The zero-order chi connectivity index (χ0) is 15.6. The Bertz CT molecular complexity index is 620. The topological polar surface area (TPSA) is 53.1 Å². The highest BCUT2D eigenvalue weighted by Gasteiger charge is 2.31. The van der Waals surface area contributed by atoms with E-state index in [1.165, 1.54) is 6.33 Å². The number of imidazole rings is 1. The number of ether oxygens (including phenoxy) is 1. The zero-order valence-corrected chi connectivity index (χ0v) is 11.9. The molecule has 0 aliphatic carbocycles. The summed E-state index contributed by atoms with van der Waals surface area (Å²) in [6.07, 6.45) is -2.01. The lowest BCUT2D eigenvalue weighted by Crippen LogP contribution is -2.08. The van der Waals surface area contributed by atoms with E-state index in [9.17, 15) is 13.2 Å². The summed E-state index contributed by atoms with van der Waals surface area (Å²) in [6.45, 7) is 5.07. The molecule has 116 valence electrons. The minimum atomic E-state index is -4.42. The first-order chi connectivity index (χ1) is 9.79. The van der Waals surface area contributed by atoms with Gasteiger partial charge in [-0.05, 0) is 32.4 Å². The SMILES string of the molecule is CC(C)OCCCn1cnc2cc(C(F)(F)F)cc(N)c21. The third-order valence-electron chi connectivity index (χ3n) is 3.06. The third-order valence-corrected chi connectivity index (χ3v) is 3.06. The van der Waals surface area contributed by atoms with Crippen LogP contribution in [0.4, 0.5) is 18.9 Å². The van der Waals surface area contributed by atoms with Crippen LogP contribution in [0.15, 0.2) is 18.5 Å². The number of alkyl halides is 3. The van der Waals surface area contributed by atoms with E-state index in [4.69, 9.17) is 10.5 Å². The van der Waals surface area contributed by atoms with Gasteiger partial charge in [-0.1, -0.05) is 0 Å². The van der Waals surface area contributed by atoms with Crippen LogP contribution < -0.4 is 5.73 Å². The molecule has 0 saturated heterocycles. The third kappa shape index (κ3) is 3.66. The zero-order valence-electron chi connectivity index (χ0n) is 11.9. The first-order valence-corrected chi connectivity index (χ1v) is 6.72. The number of halogens is 3. The largest absolute Gasteiger partial charge is 0.416 e. The maximum Gasteiger partial charge on any atom is 0.416 e. The quantitative estimate of drug-likeness (QED) is 0.680. The first-order valence-electron chi connectivity index (χ1n) is 6.72. The van der Waals surface area contributed by atoms with Gasteiger partial charge in [0, 0.05) is 13.2 Å². The number of hydrogen-bond acceptors (Lipinski definition) is 3. The minimum Gasteiger partial charge on any atom is -0.397 e. The molecule has 0 saturated carbocycles.